The minimum Gasteiger partial charge on any atom is -0.478 e. The smallest absolute Gasteiger partial charge is 0.328 e. The molecule has 2 fully saturated rings. The van der Waals surface area contributed by atoms with Gasteiger partial charge in [-0.15, -0.1) is 0 Å². The molecule has 0 amide bonds. The highest BCUT2D eigenvalue weighted by molar-refractivity contribution is 7.99. The number of morpholine rings is 1. The normalized spacial score (nSPS) is 20.6. The van der Waals surface area contributed by atoms with Crippen molar-refractivity contribution in [3.8, 4) is 0 Å². The predicted molar refractivity (Wildman–Crippen MR) is 140 cm³/mol. The first-order valence-corrected chi connectivity index (χ1v) is 13.0. The third kappa shape index (κ3) is 6.88. The van der Waals surface area contributed by atoms with Crippen LogP contribution in [0.1, 0.15) is 17.2 Å². The van der Waals surface area contributed by atoms with Crippen LogP contribution in [0.25, 0.3) is 0 Å². The molecule has 0 saturated carbocycles. The van der Waals surface area contributed by atoms with Gasteiger partial charge in [0.1, 0.15) is 0 Å². The number of hydrogen-bond donors (Lipinski definition) is 2. The summed E-state index contributed by atoms with van der Waals surface area (Å²) < 4.78 is 5.56. The van der Waals surface area contributed by atoms with Gasteiger partial charge in [-0.3, -0.25) is 4.90 Å². The van der Waals surface area contributed by atoms with E-state index < -0.39 is 11.9 Å². The first kappa shape index (κ1) is 26.2. The largest absolute Gasteiger partial charge is 0.478 e. The van der Waals surface area contributed by atoms with Gasteiger partial charge in [0.25, 0.3) is 0 Å². The van der Waals surface area contributed by atoms with Crippen LogP contribution in [-0.4, -0.2) is 91.5 Å². The fourth-order valence-corrected chi connectivity index (χ4v) is 5.83. The van der Waals surface area contributed by atoms with Crippen molar-refractivity contribution in [3.05, 3.63) is 65.7 Å². The van der Waals surface area contributed by atoms with E-state index in [-0.39, 0.29) is 0 Å². The SMILES string of the molecule is CN1CCN(C2Cc3ccccc3Sc3ccc(N4CCOCC4)cc32)CC1.O=C(O)/C=C\C(=O)O. The Hall–Kier alpha value is -2.85. The Balaban J connectivity index is 0.000000331. The van der Waals surface area contributed by atoms with Gasteiger partial charge in [0, 0.05) is 72.9 Å². The number of likely N-dealkylation sites (N-methyl/N-ethyl adjacent to an activating group) is 1. The molecule has 1 atom stereocenters. The fraction of sp³-hybridized carbons (Fsp3) is 0.407. The molecule has 5 rings (SSSR count). The van der Waals surface area contributed by atoms with Crippen molar-refractivity contribution in [2.45, 2.75) is 22.3 Å². The van der Waals surface area contributed by atoms with Crippen molar-refractivity contribution in [1.29, 1.82) is 0 Å². The van der Waals surface area contributed by atoms with E-state index in [4.69, 9.17) is 14.9 Å². The van der Waals surface area contributed by atoms with Gasteiger partial charge < -0.3 is 24.7 Å². The number of piperazine rings is 1. The lowest BCUT2D eigenvalue weighted by atomic mass is 9.96. The van der Waals surface area contributed by atoms with E-state index >= 15 is 0 Å². The molecule has 0 radical (unpaired) electrons. The van der Waals surface area contributed by atoms with Crippen LogP contribution in [0.15, 0.2) is 64.4 Å². The minimum atomic E-state index is -1.26. The molecule has 1 unspecified atom stereocenters. The number of carboxylic acids is 2. The molecule has 3 aliphatic heterocycles. The number of hydrogen-bond acceptors (Lipinski definition) is 7. The maximum Gasteiger partial charge on any atom is 0.328 e. The molecule has 192 valence electrons. The topological polar surface area (TPSA) is 93.5 Å². The van der Waals surface area contributed by atoms with Gasteiger partial charge in [0.2, 0.25) is 0 Å². The summed E-state index contributed by atoms with van der Waals surface area (Å²) in [6, 6.07) is 16.6. The first-order valence-electron chi connectivity index (χ1n) is 12.2. The number of benzene rings is 2. The second kappa shape index (κ2) is 12.4. The average molecular weight is 512 g/mol. The number of ether oxygens (including phenoxy) is 1. The number of fused-ring (bicyclic) bond motifs is 2. The van der Waals surface area contributed by atoms with E-state index in [1.807, 2.05) is 11.8 Å². The summed E-state index contributed by atoms with van der Waals surface area (Å²) in [6.07, 6.45) is 2.22. The monoisotopic (exact) mass is 511 g/mol. The third-order valence-electron chi connectivity index (χ3n) is 6.68. The van der Waals surface area contributed by atoms with Crippen molar-refractivity contribution in [2.75, 3.05) is 64.4 Å². The number of carboxylic acid groups (broad SMARTS) is 2. The highest BCUT2D eigenvalue weighted by atomic mass is 32.2. The first-order chi connectivity index (χ1) is 17.4. The fourth-order valence-electron chi connectivity index (χ4n) is 4.72. The number of anilines is 1. The van der Waals surface area contributed by atoms with Crippen molar-refractivity contribution in [3.63, 3.8) is 0 Å². The Bertz CT molecular complexity index is 1080. The van der Waals surface area contributed by atoms with E-state index in [0.29, 0.717) is 18.2 Å². The summed E-state index contributed by atoms with van der Waals surface area (Å²) in [5.41, 5.74) is 4.35. The number of carbonyl (C=O) groups is 2. The second-order valence-corrected chi connectivity index (χ2v) is 10.2. The maximum atomic E-state index is 9.55. The average Bonchev–Trinajstić information content (AvgIpc) is 3.05. The second-order valence-electron chi connectivity index (χ2n) is 9.10. The number of aliphatic carboxylic acids is 2. The summed E-state index contributed by atoms with van der Waals surface area (Å²) in [6.45, 7) is 8.26. The summed E-state index contributed by atoms with van der Waals surface area (Å²) in [4.78, 5) is 29.6. The van der Waals surface area contributed by atoms with Gasteiger partial charge in [-0.25, -0.2) is 9.59 Å². The Labute approximate surface area is 216 Å². The van der Waals surface area contributed by atoms with Gasteiger partial charge in [-0.1, -0.05) is 30.0 Å². The molecule has 0 aromatic heterocycles. The van der Waals surface area contributed by atoms with Crippen LogP contribution in [0.5, 0.6) is 0 Å². The molecule has 3 heterocycles. The maximum absolute atomic E-state index is 9.55. The zero-order chi connectivity index (χ0) is 25.5. The highest BCUT2D eigenvalue weighted by Crippen LogP contribution is 2.44. The van der Waals surface area contributed by atoms with E-state index in [2.05, 4.69) is 64.2 Å². The van der Waals surface area contributed by atoms with E-state index in [1.54, 1.807) is 0 Å². The lowest BCUT2D eigenvalue weighted by molar-refractivity contribution is -0.134. The third-order valence-corrected chi connectivity index (χ3v) is 7.89. The van der Waals surface area contributed by atoms with Crippen LogP contribution in [0.2, 0.25) is 0 Å². The van der Waals surface area contributed by atoms with Gasteiger partial charge in [-0.2, -0.15) is 0 Å². The molecule has 36 heavy (non-hydrogen) atoms. The summed E-state index contributed by atoms with van der Waals surface area (Å²) in [7, 11) is 2.24. The Kier molecular flexibility index (Phi) is 9.03. The quantitative estimate of drug-likeness (QED) is 0.600. The predicted octanol–water partition coefficient (Wildman–Crippen LogP) is 3.23. The lowest BCUT2D eigenvalue weighted by Crippen LogP contribution is -2.46. The van der Waals surface area contributed by atoms with E-state index in [9.17, 15) is 9.59 Å². The molecular weight excluding hydrogens is 478 g/mol. The Morgan fingerprint density at radius 1 is 0.917 bits per heavy atom. The summed E-state index contributed by atoms with van der Waals surface area (Å²) in [5, 5.41) is 15.6. The molecule has 2 aromatic carbocycles. The zero-order valence-corrected chi connectivity index (χ0v) is 21.3. The van der Waals surface area contributed by atoms with Gasteiger partial charge in [-0.05, 0) is 48.9 Å². The molecule has 9 heteroatoms. The van der Waals surface area contributed by atoms with Crippen molar-refractivity contribution in [2.24, 2.45) is 0 Å². The van der Waals surface area contributed by atoms with Gasteiger partial charge in [0.15, 0.2) is 0 Å². The summed E-state index contributed by atoms with van der Waals surface area (Å²) >= 11 is 1.95. The van der Waals surface area contributed by atoms with Crippen LogP contribution in [0.3, 0.4) is 0 Å². The van der Waals surface area contributed by atoms with Crippen LogP contribution in [-0.2, 0) is 20.7 Å². The van der Waals surface area contributed by atoms with Crippen LogP contribution in [0.4, 0.5) is 5.69 Å². The lowest BCUT2D eigenvalue weighted by Gasteiger charge is -2.39. The highest BCUT2D eigenvalue weighted by Gasteiger charge is 2.30. The minimum absolute atomic E-state index is 0.459. The van der Waals surface area contributed by atoms with E-state index in [1.165, 1.54) is 26.6 Å². The molecule has 3 aliphatic rings. The zero-order valence-electron chi connectivity index (χ0n) is 20.5. The molecular formula is C27H33N3O5S. The molecule has 8 nitrogen and oxygen atoms in total. The van der Waals surface area contributed by atoms with Crippen LogP contribution in [0, 0.1) is 0 Å². The van der Waals surface area contributed by atoms with Gasteiger partial charge in [0.05, 0.1) is 13.2 Å². The number of rotatable bonds is 4. The van der Waals surface area contributed by atoms with Crippen molar-refractivity contribution < 1.29 is 24.5 Å². The molecule has 2 saturated heterocycles. The molecule has 0 aliphatic carbocycles. The Morgan fingerprint density at radius 3 is 2.25 bits per heavy atom. The standard InChI is InChI=1S/C23H29N3OS.C4H4O4/c1-24-8-10-26(11-9-24)21-16-18-4-2-3-5-22(18)28-23-7-6-19(17-20(21)23)25-12-14-27-15-13-25;5-3(6)1-2-4(7)8/h2-7,17,21H,8-16H2,1H3;1-2H,(H,5,6)(H,7,8)/b;2-1-. The summed E-state index contributed by atoms with van der Waals surface area (Å²) in [5.74, 6) is -2.51. The number of nitrogens with zero attached hydrogens (tertiary/aromatic N) is 3. The van der Waals surface area contributed by atoms with Crippen molar-refractivity contribution in [1.82, 2.24) is 9.80 Å². The van der Waals surface area contributed by atoms with Crippen LogP contribution < -0.4 is 4.90 Å². The van der Waals surface area contributed by atoms with Crippen LogP contribution >= 0.6 is 11.8 Å². The van der Waals surface area contributed by atoms with Crippen molar-refractivity contribution >= 4 is 29.4 Å². The molecule has 2 N–H and O–H groups in total. The molecule has 0 spiro atoms. The van der Waals surface area contributed by atoms with Gasteiger partial charge >= 0.3 is 11.9 Å². The van der Waals surface area contributed by atoms with E-state index in [0.717, 1.165) is 58.9 Å². The molecule has 2 aromatic rings. The molecule has 0 bridgehead atoms. The Morgan fingerprint density at radius 2 is 1.58 bits per heavy atom.